The first-order valence-electron chi connectivity index (χ1n) is 11.1. The number of ether oxygens (including phenoxy) is 2. The Hall–Kier alpha value is -2.72. The van der Waals surface area contributed by atoms with Gasteiger partial charge in [0.1, 0.15) is 23.3 Å². The van der Waals surface area contributed by atoms with Gasteiger partial charge in [-0.15, -0.1) is 0 Å². The van der Waals surface area contributed by atoms with Crippen molar-refractivity contribution in [2.75, 3.05) is 5.32 Å². The zero-order valence-corrected chi connectivity index (χ0v) is 20.8. The number of aromatic nitrogens is 1. The first-order valence-corrected chi connectivity index (χ1v) is 11.1. The van der Waals surface area contributed by atoms with Gasteiger partial charge in [0.25, 0.3) is 0 Å². The van der Waals surface area contributed by atoms with Gasteiger partial charge in [0.15, 0.2) is 11.6 Å². The van der Waals surface area contributed by atoms with Gasteiger partial charge in [-0.1, -0.05) is 0 Å². The molecule has 0 spiro atoms. The van der Waals surface area contributed by atoms with Crippen LogP contribution in [0.25, 0.3) is 0 Å². The van der Waals surface area contributed by atoms with Gasteiger partial charge in [-0.2, -0.15) is 0 Å². The number of benzene rings is 1. The Labute approximate surface area is 199 Å². The van der Waals surface area contributed by atoms with Gasteiger partial charge in [-0.05, 0) is 79.2 Å². The maximum absolute atomic E-state index is 15.0. The Kier molecular flexibility index (Phi) is 6.97. The molecule has 3 rings (SSSR count). The Morgan fingerprint density at radius 2 is 1.76 bits per heavy atom. The molecule has 7 nitrogen and oxygen atoms in total. The summed E-state index contributed by atoms with van der Waals surface area (Å²) in [5.74, 6) is -1.26. The molecule has 1 aliphatic rings. The molecule has 0 aliphatic carbocycles. The van der Waals surface area contributed by atoms with E-state index in [0.717, 1.165) is 6.07 Å². The molecule has 1 aromatic carbocycles. The molecule has 1 aliphatic heterocycles. The topological polar surface area (TPSA) is 78.9 Å². The van der Waals surface area contributed by atoms with E-state index < -0.39 is 47.8 Å². The van der Waals surface area contributed by atoms with Crippen LogP contribution in [-0.2, 0) is 14.0 Å². The maximum atomic E-state index is 15.0. The van der Waals surface area contributed by atoms with Gasteiger partial charge < -0.3 is 18.8 Å². The number of nitrogens with zero attached hydrogens (tertiary/aromatic N) is 1. The highest BCUT2D eigenvalue weighted by Gasteiger charge is 2.53. The first kappa shape index (κ1) is 25.9. The second-order valence-electron chi connectivity index (χ2n) is 10.2. The number of pyridine rings is 1. The fourth-order valence-electron chi connectivity index (χ4n) is 3.38. The van der Waals surface area contributed by atoms with E-state index in [1.165, 1.54) is 12.3 Å². The van der Waals surface area contributed by atoms with Gasteiger partial charge in [0, 0.05) is 17.7 Å². The SMILES string of the molecule is C[C@@H](Oc1cccnc1NC(=O)OC(C)(C)C)c1cc(F)cc(F)c1B1OC(C)(C)C(C)(C)O1. The lowest BCUT2D eigenvalue weighted by Gasteiger charge is -2.32. The zero-order chi connectivity index (χ0) is 25.5. The van der Waals surface area contributed by atoms with Gasteiger partial charge in [0.05, 0.1) is 11.2 Å². The van der Waals surface area contributed by atoms with Crippen LogP contribution in [0.5, 0.6) is 5.75 Å². The van der Waals surface area contributed by atoms with Crippen molar-refractivity contribution < 1.29 is 32.4 Å². The molecule has 0 unspecified atom stereocenters. The van der Waals surface area contributed by atoms with Crippen molar-refractivity contribution in [3.63, 3.8) is 0 Å². The van der Waals surface area contributed by atoms with E-state index in [1.807, 2.05) is 27.7 Å². The molecule has 1 amide bonds. The number of anilines is 1. The quantitative estimate of drug-likeness (QED) is 0.602. The molecule has 10 heteroatoms. The van der Waals surface area contributed by atoms with E-state index in [0.29, 0.717) is 0 Å². The fraction of sp³-hybridized carbons (Fsp3) is 0.500. The zero-order valence-electron chi connectivity index (χ0n) is 20.8. The molecule has 34 heavy (non-hydrogen) atoms. The molecule has 0 saturated carbocycles. The Balaban J connectivity index is 1.91. The third-order valence-electron chi connectivity index (χ3n) is 5.75. The highest BCUT2D eigenvalue weighted by atomic mass is 19.1. The lowest BCUT2D eigenvalue weighted by Crippen LogP contribution is -2.41. The minimum atomic E-state index is -1.06. The number of hydrogen-bond acceptors (Lipinski definition) is 6. The average Bonchev–Trinajstić information content (AvgIpc) is 2.87. The van der Waals surface area contributed by atoms with Crippen LogP contribution in [0.4, 0.5) is 19.4 Å². The highest BCUT2D eigenvalue weighted by Crippen LogP contribution is 2.38. The van der Waals surface area contributed by atoms with E-state index in [4.69, 9.17) is 18.8 Å². The Morgan fingerprint density at radius 3 is 2.35 bits per heavy atom. The predicted octanol–water partition coefficient (Wildman–Crippen LogP) is 5.15. The number of amides is 1. The molecule has 1 N–H and O–H groups in total. The van der Waals surface area contributed by atoms with E-state index in [1.54, 1.807) is 39.8 Å². The van der Waals surface area contributed by atoms with E-state index in [2.05, 4.69) is 10.3 Å². The molecule has 0 bridgehead atoms. The number of carbonyl (C=O) groups excluding carboxylic acids is 1. The second-order valence-corrected chi connectivity index (χ2v) is 10.2. The molecule has 1 fully saturated rings. The summed E-state index contributed by atoms with van der Waals surface area (Å²) in [6.07, 6.45) is -0.0805. The van der Waals surface area contributed by atoms with Crippen LogP contribution in [0.2, 0.25) is 0 Å². The third-order valence-corrected chi connectivity index (χ3v) is 5.75. The summed E-state index contributed by atoms with van der Waals surface area (Å²) in [6, 6.07) is 5.17. The van der Waals surface area contributed by atoms with Gasteiger partial charge >= 0.3 is 13.2 Å². The summed E-state index contributed by atoms with van der Waals surface area (Å²) in [5, 5.41) is 2.54. The van der Waals surface area contributed by atoms with Crippen molar-refractivity contribution in [2.24, 2.45) is 0 Å². The van der Waals surface area contributed by atoms with Crippen molar-refractivity contribution in [3.8, 4) is 5.75 Å². The summed E-state index contributed by atoms with van der Waals surface area (Å²) in [4.78, 5) is 16.3. The summed E-state index contributed by atoms with van der Waals surface area (Å²) in [5.41, 5.74) is -1.87. The summed E-state index contributed by atoms with van der Waals surface area (Å²) >= 11 is 0. The molecule has 0 radical (unpaired) electrons. The molecule has 1 saturated heterocycles. The average molecular weight is 476 g/mol. The maximum Gasteiger partial charge on any atom is 0.498 e. The van der Waals surface area contributed by atoms with Crippen LogP contribution < -0.4 is 15.5 Å². The molecular weight excluding hydrogens is 445 g/mol. The van der Waals surface area contributed by atoms with Crippen LogP contribution in [-0.4, -0.2) is 35.0 Å². The number of hydrogen-bond donors (Lipinski definition) is 1. The molecule has 184 valence electrons. The van der Waals surface area contributed by atoms with Gasteiger partial charge in [-0.25, -0.2) is 18.6 Å². The molecular formula is C24H31BF2N2O5. The third kappa shape index (κ3) is 5.67. The van der Waals surface area contributed by atoms with Crippen molar-refractivity contribution in [3.05, 3.63) is 47.7 Å². The fourth-order valence-corrected chi connectivity index (χ4v) is 3.38. The number of rotatable bonds is 5. The van der Waals surface area contributed by atoms with Crippen LogP contribution in [0.1, 0.15) is 67.1 Å². The molecule has 2 aromatic rings. The highest BCUT2D eigenvalue weighted by molar-refractivity contribution is 6.62. The first-order chi connectivity index (χ1) is 15.6. The largest absolute Gasteiger partial charge is 0.498 e. The van der Waals surface area contributed by atoms with Crippen molar-refractivity contribution in [1.82, 2.24) is 4.98 Å². The van der Waals surface area contributed by atoms with Gasteiger partial charge in [0.2, 0.25) is 0 Å². The smallest absolute Gasteiger partial charge is 0.482 e. The van der Waals surface area contributed by atoms with Crippen LogP contribution in [0.15, 0.2) is 30.5 Å². The minimum Gasteiger partial charge on any atom is -0.482 e. The molecule has 2 heterocycles. The number of carbonyl (C=O) groups is 1. The van der Waals surface area contributed by atoms with Crippen molar-refractivity contribution in [2.45, 2.75) is 78.3 Å². The summed E-state index contributed by atoms with van der Waals surface area (Å²) in [6.45, 7) is 14.2. The van der Waals surface area contributed by atoms with Crippen LogP contribution in [0.3, 0.4) is 0 Å². The lowest BCUT2D eigenvalue weighted by molar-refractivity contribution is 0.00578. The van der Waals surface area contributed by atoms with Gasteiger partial charge in [-0.3, -0.25) is 5.32 Å². The molecule has 1 atom stereocenters. The predicted molar refractivity (Wildman–Crippen MR) is 125 cm³/mol. The number of nitrogens with one attached hydrogen (secondary N) is 1. The van der Waals surface area contributed by atoms with Crippen molar-refractivity contribution in [1.29, 1.82) is 0 Å². The van der Waals surface area contributed by atoms with Crippen molar-refractivity contribution >= 4 is 24.5 Å². The van der Waals surface area contributed by atoms with E-state index in [-0.39, 0.29) is 22.6 Å². The molecule has 1 aromatic heterocycles. The second kappa shape index (κ2) is 9.15. The lowest BCUT2D eigenvalue weighted by atomic mass is 9.74. The monoisotopic (exact) mass is 476 g/mol. The summed E-state index contributed by atoms with van der Waals surface area (Å²) in [7, 11) is -1.06. The van der Waals surface area contributed by atoms with Crippen LogP contribution in [0, 0.1) is 11.6 Å². The normalized spacial score (nSPS) is 17.9. The Morgan fingerprint density at radius 1 is 1.15 bits per heavy atom. The van der Waals surface area contributed by atoms with E-state index >= 15 is 4.39 Å². The Bertz CT molecular complexity index is 1060. The minimum absolute atomic E-state index is 0.0538. The standard InChI is InChI=1S/C24H31BF2N2O5/c1-14(31-18-10-9-11-28-20(18)29-21(30)32-22(2,3)4)16-12-15(26)13-17(27)19(16)25-33-23(5,6)24(7,8)34-25/h9-14H,1-8H3,(H,28,29,30)/t14-/m1/s1. The summed E-state index contributed by atoms with van der Waals surface area (Å²) < 4.78 is 52.6. The number of halogens is 2. The van der Waals surface area contributed by atoms with E-state index in [9.17, 15) is 9.18 Å². The van der Waals surface area contributed by atoms with Crippen LogP contribution >= 0.6 is 0 Å².